The lowest BCUT2D eigenvalue weighted by atomic mass is 10.1. The van der Waals surface area contributed by atoms with Gasteiger partial charge in [0, 0.05) is 11.9 Å². The molecule has 9 heteroatoms. The van der Waals surface area contributed by atoms with Gasteiger partial charge in [0.2, 0.25) is 5.16 Å². The average molecular weight is 290 g/mol. The molecule has 0 amide bonds. The predicted molar refractivity (Wildman–Crippen MR) is 60.3 cm³/mol. The van der Waals surface area contributed by atoms with E-state index in [2.05, 4.69) is 15.5 Å². The number of hydrogen-bond acceptors (Lipinski definition) is 5. The first-order chi connectivity index (χ1) is 8.91. The Morgan fingerprint density at radius 3 is 2.63 bits per heavy atom. The number of nitrogens with zero attached hydrogens (tertiary/aromatic N) is 4. The molecule has 2 rings (SSSR count). The molecule has 0 radical (unpaired) electrons. The van der Waals surface area contributed by atoms with Crippen LogP contribution in [0.25, 0.3) is 0 Å². The molecule has 0 saturated heterocycles. The molecule has 1 heterocycles. The van der Waals surface area contributed by atoms with E-state index in [1.807, 2.05) is 0 Å². The number of benzene rings is 1. The Bertz CT molecular complexity index is 584. The highest BCUT2D eigenvalue weighted by molar-refractivity contribution is 7.99. The fourth-order valence-electron chi connectivity index (χ4n) is 1.43. The Kier molecular flexibility index (Phi) is 3.76. The van der Waals surface area contributed by atoms with Crippen LogP contribution in [0.1, 0.15) is 11.1 Å². The lowest BCUT2D eigenvalue weighted by Gasteiger charge is -2.12. The number of aliphatic hydroxyl groups is 1. The Morgan fingerprint density at radius 2 is 2.11 bits per heavy atom. The van der Waals surface area contributed by atoms with Gasteiger partial charge in [-0.05, 0) is 39.9 Å². The molecule has 1 aromatic heterocycles. The molecule has 0 fully saturated rings. The zero-order valence-corrected chi connectivity index (χ0v) is 10.5. The van der Waals surface area contributed by atoms with Crippen molar-refractivity contribution in [3.63, 3.8) is 0 Å². The maximum atomic E-state index is 12.8. The molecule has 102 valence electrons. The third-order valence-corrected chi connectivity index (χ3v) is 3.37. The molecule has 0 spiro atoms. The van der Waals surface area contributed by atoms with E-state index >= 15 is 0 Å². The second-order valence-electron chi connectivity index (χ2n) is 3.66. The standard InChI is InChI=1S/C10H9F3N4OS/c1-17-9(14-15-16-17)19-7-3-2-6(5-18)8(4-7)10(11,12)13/h2-4,18H,5H2,1H3. The number of hydrogen-bond donors (Lipinski definition) is 1. The van der Waals surface area contributed by atoms with Crippen LogP contribution in [0.4, 0.5) is 13.2 Å². The van der Waals surface area contributed by atoms with Crippen molar-refractivity contribution in [2.75, 3.05) is 0 Å². The molecule has 0 unspecified atom stereocenters. The van der Waals surface area contributed by atoms with Gasteiger partial charge in [-0.15, -0.1) is 5.10 Å². The quantitative estimate of drug-likeness (QED) is 0.935. The Balaban J connectivity index is 2.36. The fourth-order valence-corrected chi connectivity index (χ4v) is 2.20. The van der Waals surface area contributed by atoms with Crippen molar-refractivity contribution in [2.45, 2.75) is 22.8 Å². The zero-order chi connectivity index (χ0) is 14.0. The lowest BCUT2D eigenvalue weighted by Crippen LogP contribution is -2.09. The molecule has 0 atom stereocenters. The molecular formula is C10H9F3N4OS. The Morgan fingerprint density at radius 1 is 1.37 bits per heavy atom. The summed E-state index contributed by atoms with van der Waals surface area (Å²) in [4.78, 5) is 0.349. The smallest absolute Gasteiger partial charge is 0.392 e. The number of aromatic nitrogens is 4. The summed E-state index contributed by atoms with van der Waals surface area (Å²) >= 11 is 1.02. The minimum atomic E-state index is -4.51. The van der Waals surface area contributed by atoms with Gasteiger partial charge in [0.25, 0.3) is 0 Å². The summed E-state index contributed by atoms with van der Waals surface area (Å²) < 4.78 is 39.8. The summed E-state index contributed by atoms with van der Waals surface area (Å²) in [6.45, 7) is -0.661. The maximum absolute atomic E-state index is 12.8. The topological polar surface area (TPSA) is 63.8 Å². The van der Waals surface area contributed by atoms with Crippen LogP contribution in [0.2, 0.25) is 0 Å². The molecular weight excluding hydrogens is 281 g/mol. The minimum absolute atomic E-state index is 0.159. The summed E-state index contributed by atoms with van der Waals surface area (Å²) in [5.41, 5.74) is -1.01. The average Bonchev–Trinajstić information content (AvgIpc) is 2.74. The van der Waals surface area contributed by atoms with E-state index in [0.29, 0.717) is 10.1 Å². The maximum Gasteiger partial charge on any atom is 0.416 e. The normalized spacial score (nSPS) is 11.8. The van der Waals surface area contributed by atoms with Crippen molar-refractivity contribution < 1.29 is 18.3 Å². The third kappa shape index (κ3) is 3.04. The van der Waals surface area contributed by atoms with Gasteiger partial charge in [-0.2, -0.15) is 13.2 Å². The second-order valence-corrected chi connectivity index (χ2v) is 4.70. The van der Waals surface area contributed by atoms with Crippen LogP contribution in [0.3, 0.4) is 0 Å². The first-order valence-corrected chi connectivity index (χ1v) is 5.94. The first-order valence-electron chi connectivity index (χ1n) is 5.13. The van der Waals surface area contributed by atoms with Gasteiger partial charge in [-0.25, -0.2) is 4.68 Å². The number of halogens is 3. The van der Waals surface area contributed by atoms with E-state index in [1.165, 1.54) is 16.8 Å². The number of rotatable bonds is 3. The molecule has 5 nitrogen and oxygen atoms in total. The van der Waals surface area contributed by atoms with E-state index in [0.717, 1.165) is 17.8 Å². The second kappa shape index (κ2) is 5.17. The van der Waals surface area contributed by atoms with Gasteiger partial charge in [0.15, 0.2) is 0 Å². The van der Waals surface area contributed by atoms with Gasteiger partial charge < -0.3 is 5.11 Å². The summed E-state index contributed by atoms with van der Waals surface area (Å²) in [5.74, 6) is 0. The summed E-state index contributed by atoms with van der Waals surface area (Å²) in [6.07, 6.45) is -4.51. The van der Waals surface area contributed by atoms with Gasteiger partial charge >= 0.3 is 6.18 Å². The first kappa shape index (κ1) is 13.8. The van der Waals surface area contributed by atoms with E-state index in [1.54, 1.807) is 7.05 Å². The van der Waals surface area contributed by atoms with Gasteiger partial charge in [-0.1, -0.05) is 6.07 Å². The van der Waals surface area contributed by atoms with Crippen molar-refractivity contribution in [3.05, 3.63) is 29.3 Å². The van der Waals surface area contributed by atoms with Gasteiger partial charge in [-0.3, -0.25) is 0 Å². The van der Waals surface area contributed by atoms with Crippen LogP contribution < -0.4 is 0 Å². The van der Waals surface area contributed by atoms with E-state index in [9.17, 15) is 13.2 Å². The predicted octanol–water partition coefficient (Wildman–Crippen LogP) is 1.87. The SMILES string of the molecule is Cn1nnnc1Sc1ccc(CO)c(C(F)(F)F)c1. The summed E-state index contributed by atoms with van der Waals surface area (Å²) in [6, 6.07) is 3.71. The van der Waals surface area contributed by atoms with Crippen molar-refractivity contribution in [2.24, 2.45) is 7.05 Å². The summed E-state index contributed by atoms with van der Waals surface area (Å²) in [5, 5.41) is 20.0. The fraction of sp³-hybridized carbons (Fsp3) is 0.300. The molecule has 0 aliphatic heterocycles. The molecule has 0 bridgehead atoms. The molecule has 0 saturated carbocycles. The monoisotopic (exact) mass is 290 g/mol. The Hall–Kier alpha value is -1.61. The van der Waals surface area contributed by atoms with Crippen molar-refractivity contribution in [3.8, 4) is 0 Å². The van der Waals surface area contributed by atoms with Crippen molar-refractivity contribution >= 4 is 11.8 Å². The number of aryl methyl sites for hydroxylation is 1. The highest BCUT2D eigenvalue weighted by Gasteiger charge is 2.33. The van der Waals surface area contributed by atoms with Gasteiger partial charge in [0.1, 0.15) is 0 Å². The van der Waals surface area contributed by atoms with Crippen LogP contribution >= 0.6 is 11.8 Å². The van der Waals surface area contributed by atoms with E-state index < -0.39 is 18.3 Å². The van der Waals surface area contributed by atoms with Crippen molar-refractivity contribution in [1.82, 2.24) is 20.2 Å². The van der Waals surface area contributed by atoms with Crippen LogP contribution in [0, 0.1) is 0 Å². The minimum Gasteiger partial charge on any atom is -0.392 e. The van der Waals surface area contributed by atoms with Crippen molar-refractivity contribution in [1.29, 1.82) is 0 Å². The van der Waals surface area contributed by atoms with E-state index in [4.69, 9.17) is 5.11 Å². The molecule has 1 N–H and O–H groups in total. The molecule has 19 heavy (non-hydrogen) atoms. The summed E-state index contributed by atoms with van der Waals surface area (Å²) in [7, 11) is 1.59. The van der Waals surface area contributed by atoms with Crippen LogP contribution in [0.15, 0.2) is 28.3 Å². The van der Waals surface area contributed by atoms with Crippen LogP contribution in [-0.2, 0) is 19.8 Å². The van der Waals surface area contributed by atoms with E-state index in [-0.39, 0.29) is 5.56 Å². The number of alkyl halides is 3. The van der Waals surface area contributed by atoms with Gasteiger partial charge in [0.05, 0.1) is 12.2 Å². The lowest BCUT2D eigenvalue weighted by molar-refractivity contribution is -0.138. The largest absolute Gasteiger partial charge is 0.416 e. The Labute approximate surface area is 110 Å². The molecule has 2 aromatic rings. The number of aliphatic hydroxyl groups excluding tert-OH is 1. The van der Waals surface area contributed by atoms with Crippen LogP contribution in [-0.4, -0.2) is 25.3 Å². The zero-order valence-electron chi connectivity index (χ0n) is 9.72. The highest BCUT2D eigenvalue weighted by Crippen LogP contribution is 2.36. The molecule has 1 aromatic carbocycles. The molecule has 0 aliphatic rings. The molecule has 0 aliphatic carbocycles. The third-order valence-electron chi connectivity index (χ3n) is 2.35. The van der Waals surface area contributed by atoms with Crippen LogP contribution in [0.5, 0.6) is 0 Å². The number of tetrazole rings is 1. The highest BCUT2D eigenvalue weighted by atomic mass is 32.2.